The zero-order chi connectivity index (χ0) is 17.3. The van der Waals surface area contributed by atoms with Gasteiger partial charge < -0.3 is 10.4 Å². The van der Waals surface area contributed by atoms with Gasteiger partial charge in [0, 0.05) is 23.6 Å². The molecule has 128 valence electrons. The third kappa shape index (κ3) is 3.82. The van der Waals surface area contributed by atoms with E-state index in [0.717, 1.165) is 11.4 Å². The van der Waals surface area contributed by atoms with E-state index in [1.54, 1.807) is 12.1 Å². The van der Waals surface area contributed by atoms with Gasteiger partial charge in [-0.2, -0.15) is 5.10 Å². The van der Waals surface area contributed by atoms with Crippen molar-refractivity contribution in [2.45, 2.75) is 45.6 Å². The number of rotatable bonds is 5. The molecule has 1 aromatic heterocycles. The molecule has 3 rings (SSSR count). The molecule has 1 heterocycles. The first-order valence-electron chi connectivity index (χ1n) is 8.33. The van der Waals surface area contributed by atoms with Gasteiger partial charge in [0.25, 0.3) is 5.91 Å². The fraction of sp³-hybridized carbons (Fsp3) is 0.500. The summed E-state index contributed by atoms with van der Waals surface area (Å²) in [6, 6.07) is 7.19. The molecule has 6 heteroatoms. The maximum Gasteiger partial charge on any atom is 0.251 e. The highest BCUT2D eigenvalue weighted by Crippen LogP contribution is 2.38. The van der Waals surface area contributed by atoms with Crippen molar-refractivity contribution in [2.24, 2.45) is 5.41 Å². The monoisotopic (exact) mass is 328 g/mol. The number of aliphatic hydroxyl groups excluding tert-OH is 1. The number of nitrogens with one attached hydrogen (secondary N) is 2. The lowest BCUT2D eigenvalue weighted by Gasteiger charge is -2.25. The Kier molecular flexibility index (Phi) is 4.41. The van der Waals surface area contributed by atoms with Gasteiger partial charge in [0.2, 0.25) is 0 Å². The van der Waals surface area contributed by atoms with E-state index >= 15 is 0 Å². The Labute approximate surface area is 141 Å². The number of hydrogen-bond donors (Lipinski definition) is 3. The van der Waals surface area contributed by atoms with Crippen LogP contribution >= 0.6 is 0 Å². The van der Waals surface area contributed by atoms with Gasteiger partial charge in [0.1, 0.15) is 5.82 Å². The van der Waals surface area contributed by atoms with Gasteiger partial charge in [-0.05, 0) is 30.4 Å². The van der Waals surface area contributed by atoms with Crippen LogP contribution in [0.4, 0.5) is 0 Å². The Balaban J connectivity index is 1.62. The van der Waals surface area contributed by atoms with E-state index in [1.165, 1.54) is 12.8 Å². The summed E-state index contributed by atoms with van der Waals surface area (Å²) in [6.07, 6.45) is 1.76. The van der Waals surface area contributed by atoms with Crippen LogP contribution in [0.2, 0.25) is 0 Å². The molecule has 3 N–H and O–H groups in total. The molecule has 24 heavy (non-hydrogen) atoms. The van der Waals surface area contributed by atoms with Gasteiger partial charge in [0.05, 0.1) is 6.10 Å². The molecule has 0 radical (unpaired) electrons. The van der Waals surface area contributed by atoms with Crippen LogP contribution in [-0.4, -0.2) is 38.8 Å². The van der Waals surface area contributed by atoms with Gasteiger partial charge in [-0.15, -0.1) is 0 Å². The zero-order valence-corrected chi connectivity index (χ0v) is 14.3. The summed E-state index contributed by atoms with van der Waals surface area (Å²) < 4.78 is 0. The van der Waals surface area contributed by atoms with Crippen LogP contribution in [-0.2, 0) is 0 Å². The number of H-pyrrole nitrogens is 1. The average Bonchev–Trinajstić information content (AvgIpc) is 3.29. The van der Waals surface area contributed by atoms with Crippen LogP contribution in [0.25, 0.3) is 11.4 Å². The van der Waals surface area contributed by atoms with E-state index in [9.17, 15) is 9.90 Å². The number of nitrogens with zero attached hydrogens (tertiary/aromatic N) is 2. The molecule has 1 aromatic carbocycles. The van der Waals surface area contributed by atoms with Crippen molar-refractivity contribution in [3.8, 4) is 11.4 Å². The molecule has 0 spiro atoms. The van der Waals surface area contributed by atoms with Crippen LogP contribution in [0, 0.1) is 5.41 Å². The van der Waals surface area contributed by atoms with Crippen LogP contribution in [0.1, 0.15) is 55.7 Å². The normalized spacial score (nSPS) is 16.0. The highest BCUT2D eigenvalue weighted by molar-refractivity contribution is 5.94. The van der Waals surface area contributed by atoms with E-state index in [2.05, 4.69) is 20.5 Å². The summed E-state index contributed by atoms with van der Waals surface area (Å²) in [6.45, 7) is 6.04. The fourth-order valence-electron chi connectivity index (χ4n) is 2.31. The second kappa shape index (κ2) is 6.36. The summed E-state index contributed by atoms with van der Waals surface area (Å²) in [4.78, 5) is 16.7. The predicted octanol–water partition coefficient (Wildman–Crippen LogP) is 2.49. The van der Waals surface area contributed by atoms with Gasteiger partial charge in [-0.25, -0.2) is 4.98 Å². The third-order valence-corrected chi connectivity index (χ3v) is 4.33. The number of amides is 1. The molecule has 6 nitrogen and oxygen atoms in total. The first-order chi connectivity index (χ1) is 11.3. The summed E-state index contributed by atoms with van der Waals surface area (Å²) in [5.41, 5.74) is 1.17. The molecule has 1 amide bonds. The second-order valence-electron chi connectivity index (χ2n) is 7.49. The molecule has 1 saturated carbocycles. The Morgan fingerprint density at radius 1 is 1.33 bits per heavy atom. The molecule has 1 unspecified atom stereocenters. The van der Waals surface area contributed by atoms with Gasteiger partial charge >= 0.3 is 0 Å². The van der Waals surface area contributed by atoms with Crippen molar-refractivity contribution in [3.63, 3.8) is 0 Å². The minimum Gasteiger partial charge on any atom is -0.391 e. The molecule has 0 saturated heterocycles. The Bertz CT molecular complexity index is 711. The molecule has 0 bridgehead atoms. The highest BCUT2D eigenvalue weighted by Gasteiger charge is 2.27. The standard InChI is InChI=1S/C18H24N4O2/c1-18(2,3)14(23)10-19-17(24)13-8-6-12(7-9-13)16-20-15(21-22-16)11-4-5-11/h6-9,11,14,23H,4-5,10H2,1-3H3,(H,19,24)(H,20,21,22). The van der Waals surface area contributed by atoms with Gasteiger partial charge in [-0.1, -0.05) is 32.9 Å². The van der Waals surface area contributed by atoms with E-state index < -0.39 is 6.10 Å². The largest absolute Gasteiger partial charge is 0.391 e. The lowest BCUT2D eigenvalue weighted by Crippen LogP contribution is -2.39. The first-order valence-corrected chi connectivity index (χ1v) is 8.33. The van der Waals surface area contributed by atoms with Crippen molar-refractivity contribution in [1.82, 2.24) is 20.5 Å². The number of aromatic nitrogens is 3. The van der Waals surface area contributed by atoms with E-state index in [-0.39, 0.29) is 17.9 Å². The van der Waals surface area contributed by atoms with Crippen molar-refractivity contribution in [1.29, 1.82) is 0 Å². The van der Waals surface area contributed by atoms with Crippen molar-refractivity contribution in [2.75, 3.05) is 6.54 Å². The van der Waals surface area contributed by atoms with Crippen LogP contribution < -0.4 is 5.32 Å². The SMILES string of the molecule is CC(C)(C)C(O)CNC(=O)c1ccc(-c2n[nH]c(C3CC3)n2)cc1. The molecule has 1 aliphatic carbocycles. The summed E-state index contributed by atoms with van der Waals surface area (Å²) in [5.74, 6) is 1.94. The third-order valence-electron chi connectivity index (χ3n) is 4.33. The van der Waals surface area contributed by atoms with E-state index in [4.69, 9.17) is 0 Å². The maximum atomic E-state index is 12.2. The molecular weight excluding hydrogens is 304 g/mol. The lowest BCUT2D eigenvalue weighted by molar-refractivity contribution is 0.0587. The number of carbonyl (C=O) groups is 1. The number of aromatic amines is 1. The molecular formula is C18H24N4O2. The quantitative estimate of drug-likeness (QED) is 0.786. The summed E-state index contributed by atoms with van der Waals surface area (Å²) in [5, 5.41) is 20.0. The van der Waals surface area contributed by atoms with Gasteiger partial charge in [-0.3, -0.25) is 9.89 Å². The minimum atomic E-state index is -0.588. The summed E-state index contributed by atoms with van der Waals surface area (Å²) >= 11 is 0. The first kappa shape index (κ1) is 16.6. The molecule has 1 atom stereocenters. The lowest BCUT2D eigenvalue weighted by atomic mass is 9.89. The van der Waals surface area contributed by atoms with Crippen LogP contribution in [0.15, 0.2) is 24.3 Å². The number of benzene rings is 1. The fourth-order valence-corrected chi connectivity index (χ4v) is 2.31. The van der Waals surface area contributed by atoms with E-state index in [0.29, 0.717) is 17.3 Å². The van der Waals surface area contributed by atoms with Gasteiger partial charge in [0.15, 0.2) is 5.82 Å². The average molecular weight is 328 g/mol. The summed E-state index contributed by atoms with van der Waals surface area (Å²) in [7, 11) is 0. The number of aliphatic hydroxyl groups is 1. The van der Waals surface area contributed by atoms with Crippen LogP contribution in [0.3, 0.4) is 0 Å². The Morgan fingerprint density at radius 3 is 2.58 bits per heavy atom. The molecule has 1 aliphatic rings. The minimum absolute atomic E-state index is 0.196. The Morgan fingerprint density at radius 2 is 2.00 bits per heavy atom. The van der Waals surface area contributed by atoms with Crippen molar-refractivity contribution >= 4 is 5.91 Å². The van der Waals surface area contributed by atoms with E-state index in [1.807, 2.05) is 32.9 Å². The predicted molar refractivity (Wildman–Crippen MR) is 91.6 cm³/mol. The number of carbonyl (C=O) groups excluding carboxylic acids is 1. The zero-order valence-electron chi connectivity index (χ0n) is 14.3. The molecule has 1 fully saturated rings. The van der Waals surface area contributed by atoms with Crippen LogP contribution in [0.5, 0.6) is 0 Å². The molecule has 0 aliphatic heterocycles. The second-order valence-corrected chi connectivity index (χ2v) is 7.49. The topological polar surface area (TPSA) is 90.9 Å². The smallest absolute Gasteiger partial charge is 0.251 e. The van der Waals surface area contributed by atoms with Crippen molar-refractivity contribution in [3.05, 3.63) is 35.7 Å². The number of hydrogen-bond acceptors (Lipinski definition) is 4. The molecule has 2 aromatic rings. The van der Waals surface area contributed by atoms with Crippen molar-refractivity contribution < 1.29 is 9.90 Å². The maximum absolute atomic E-state index is 12.2. The highest BCUT2D eigenvalue weighted by atomic mass is 16.3. The Hall–Kier alpha value is -2.21.